The van der Waals surface area contributed by atoms with Gasteiger partial charge in [-0.3, -0.25) is 4.79 Å². The third-order valence-corrected chi connectivity index (χ3v) is 5.92. The molecule has 0 spiro atoms. The van der Waals surface area contributed by atoms with Crippen LogP contribution in [0.3, 0.4) is 0 Å². The third kappa shape index (κ3) is 4.09. The van der Waals surface area contributed by atoms with Crippen LogP contribution in [0.2, 0.25) is 0 Å². The van der Waals surface area contributed by atoms with Crippen LogP contribution >= 0.6 is 0 Å². The molecule has 1 atom stereocenters. The van der Waals surface area contributed by atoms with Gasteiger partial charge in [0.2, 0.25) is 5.91 Å². The maximum atomic E-state index is 13.6. The van der Waals surface area contributed by atoms with Gasteiger partial charge in [0.25, 0.3) is 0 Å². The van der Waals surface area contributed by atoms with Crippen LogP contribution in [0.25, 0.3) is 5.69 Å². The number of nitrogens with zero attached hydrogens (tertiary/aromatic N) is 3. The Kier molecular flexibility index (Phi) is 5.44. The summed E-state index contributed by atoms with van der Waals surface area (Å²) in [5.41, 5.74) is 2.24. The van der Waals surface area contributed by atoms with Crippen molar-refractivity contribution in [2.24, 2.45) is 5.92 Å². The number of carbonyl (C=O) groups excluding carboxylic acids is 1. The van der Waals surface area contributed by atoms with E-state index in [9.17, 15) is 13.6 Å². The molecule has 150 valence electrons. The SMILES string of the molecule is CN1CCC(CC(=O)NC2CCCc3c2cnn3-c2cc(F)cc(F)c2)CC1. The second-order valence-corrected chi connectivity index (χ2v) is 8.05. The Labute approximate surface area is 163 Å². The molecule has 1 fully saturated rings. The van der Waals surface area contributed by atoms with E-state index < -0.39 is 11.6 Å². The van der Waals surface area contributed by atoms with Crippen LogP contribution in [0.4, 0.5) is 8.78 Å². The molecule has 28 heavy (non-hydrogen) atoms. The molecule has 2 aliphatic rings. The van der Waals surface area contributed by atoms with Crippen molar-refractivity contribution >= 4 is 5.91 Å². The molecule has 7 heteroatoms. The maximum Gasteiger partial charge on any atom is 0.220 e. The number of hydrogen-bond donors (Lipinski definition) is 1. The first kappa shape index (κ1) is 19.1. The number of benzene rings is 1. The first-order chi connectivity index (χ1) is 13.5. The highest BCUT2D eigenvalue weighted by Crippen LogP contribution is 2.32. The van der Waals surface area contributed by atoms with E-state index in [4.69, 9.17) is 0 Å². The Morgan fingerprint density at radius 3 is 2.61 bits per heavy atom. The van der Waals surface area contributed by atoms with Crippen LogP contribution in [0.15, 0.2) is 24.4 Å². The zero-order chi connectivity index (χ0) is 19.7. The minimum atomic E-state index is -0.627. The fourth-order valence-electron chi connectivity index (χ4n) is 4.37. The lowest BCUT2D eigenvalue weighted by Crippen LogP contribution is -2.35. The maximum absolute atomic E-state index is 13.6. The number of fused-ring (bicyclic) bond motifs is 1. The minimum absolute atomic E-state index is 0.0805. The van der Waals surface area contributed by atoms with Gasteiger partial charge in [0, 0.05) is 23.7 Å². The summed E-state index contributed by atoms with van der Waals surface area (Å²) < 4.78 is 28.8. The molecule has 2 heterocycles. The van der Waals surface area contributed by atoms with Crippen LogP contribution < -0.4 is 5.32 Å². The van der Waals surface area contributed by atoms with Crippen molar-refractivity contribution in [3.63, 3.8) is 0 Å². The van der Waals surface area contributed by atoms with E-state index in [0.29, 0.717) is 18.0 Å². The van der Waals surface area contributed by atoms with Crippen molar-refractivity contribution in [2.45, 2.75) is 44.6 Å². The number of hydrogen-bond acceptors (Lipinski definition) is 3. The van der Waals surface area contributed by atoms with E-state index in [1.54, 1.807) is 10.9 Å². The third-order valence-electron chi connectivity index (χ3n) is 5.92. The largest absolute Gasteiger partial charge is 0.349 e. The lowest BCUT2D eigenvalue weighted by molar-refractivity contribution is -0.123. The molecular formula is C21H26F2N4O. The molecule has 1 aromatic carbocycles. The number of carbonyl (C=O) groups is 1. The van der Waals surface area contributed by atoms with Crippen molar-refractivity contribution in [1.29, 1.82) is 0 Å². The normalized spacial score (nSPS) is 20.8. The van der Waals surface area contributed by atoms with Gasteiger partial charge in [-0.2, -0.15) is 5.10 Å². The second kappa shape index (κ2) is 7.99. The van der Waals surface area contributed by atoms with Gasteiger partial charge in [0.15, 0.2) is 0 Å². The van der Waals surface area contributed by atoms with Gasteiger partial charge in [-0.05, 0) is 70.3 Å². The molecule has 1 saturated heterocycles. The van der Waals surface area contributed by atoms with Crippen molar-refractivity contribution < 1.29 is 13.6 Å². The van der Waals surface area contributed by atoms with Crippen molar-refractivity contribution in [3.8, 4) is 5.69 Å². The van der Waals surface area contributed by atoms with E-state index >= 15 is 0 Å². The number of aromatic nitrogens is 2. The number of halogens is 2. The van der Waals surface area contributed by atoms with E-state index in [2.05, 4.69) is 22.4 Å². The average Bonchev–Trinajstić information content (AvgIpc) is 3.08. The number of amides is 1. The molecule has 0 bridgehead atoms. The van der Waals surface area contributed by atoms with Crippen LogP contribution in [0, 0.1) is 17.6 Å². The van der Waals surface area contributed by atoms with Gasteiger partial charge in [-0.25, -0.2) is 13.5 Å². The van der Waals surface area contributed by atoms with E-state index in [1.807, 2.05) is 0 Å². The molecular weight excluding hydrogens is 362 g/mol. The molecule has 1 aromatic heterocycles. The molecule has 1 amide bonds. The van der Waals surface area contributed by atoms with Crippen LogP contribution in [-0.4, -0.2) is 40.7 Å². The van der Waals surface area contributed by atoms with E-state index in [0.717, 1.165) is 62.5 Å². The topological polar surface area (TPSA) is 50.2 Å². The predicted octanol–water partition coefficient (Wildman–Crippen LogP) is 3.38. The number of likely N-dealkylation sites (tertiary alicyclic amines) is 1. The fourth-order valence-corrected chi connectivity index (χ4v) is 4.37. The van der Waals surface area contributed by atoms with Gasteiger partial charge in [0.1, 0.15) is 11.6 Å². The summed E-state index contributed by atoms with van der Waals surface area (Å²) in [5.74, 6) is -0.731. The summed E-state index contributed by atoms with van der Waals surface area (Å²) >= 11 is 0. The molecule has 1 unspecified atom stereocenters. The van der Waals surface area contributed by atoms with Gasteiger partial charge in [-0.15, -0.1) is 0 Å². The summed E-state index contributed by atoms with van der Waals surface area (Å²) in [6.45, 7) is 2.09. The number of rotatable bonds is 4. The zero-order valence-corrected chi connectivity index (χ0v) is 16.1. The average molecular weight is 388 g/mol. The quantitative estimate of drug-likeness (QED) is 0.874. The number of piperidine rings is 1. The molecule has 0 radical (unpaired) electrons. The summed E-state index contributed by atoms with van der Waals surface area (Å²) in [6.07, 6.45) is 6.92. The molecule has 4 rings (SSSR count). The predicted molar refractivity (Wildman–Crippen MR) is 102 cm³/mol. The first-order valence-electron chi connectivity index (χ1n) is 10.0. The number of nitrogens with one attached hydrogen (secondary N) is 1. The van der Waals surface area contributed by atoms with Crippen molar-refractivity contribution in [1.82, 2.24) is 20.0 Å². The highest BCUT2D eigenvalue weighted by molar-refractivity contribution is 5.76. The summed E-state index contributed by atoms with van der Waals surface area (Å²) in [5, 5.41) is 7.53. The minimum Gasteiger partial charge on any atom is -0.349 e. The molecule has 2 aromatic rings. The summed E-state index contributed by atoms with van der Waals surface area (Å²) in [4.78, 5) is 14.9. The molecule has 0 saturated carbocycles. The summed E-state index contributed by atoms with van der Waals surface area (Å²) in [6, 6.07) is 3.32. The van der Waals surface area contributed by atoms with Gasteiger partial charge in [-0.1, -0.05) is 0 Å². The summed E-state index contributed by atoms with van der Waals surface area (Å²) in [7, 11) is 2.11. The lowest BCUT2D eigenvalue weighted by Gasteiger charge is -2.29. The van der Waals surface area contributed by atoms with Crippen molar-refractivity contribution in [2.75, 3.05) is 20.1 Å². The smallest absolute Gasteiger partial charge is 0.220 e. The Hall–Kier alpha value is -2.28. The van der Waals surface area contributed by atoms with Crippen molar-refractivity contribution in [3.05, 3.63) is 47.3 Å². The van der Waals surface area contributed by atoms with Crippen LogP contribution in [0.5, 0.6) is 0 Å². The monoisotopic (exact) mass is 388 g/mol. The van der Waals surface area contributed by atoms with E-state index in [-0.39, 0.29) is 11.9 Å². The molecule has 1 N–H and O–H groups in total. The van der Waals surface area contributed by atoms with Gasteiger partial charge < -0.3 is 10.2 Å². The Bertz CT molecular complexity index is 838. The Balaban J connectivity index is 1.47. The second-order valence-electron chi connectivity index (χ2n) is 8.05. The molecule has 1 aliphatic heterocycles. The highest BCUT2D eigenvalue weighted by atomic mass is 19.1. The standard InChI is InChI=1S/C21H26F2N4O/c1-26-7-5-14(6-8-26)9-21(28)25-19-3-2-4-20-18(19)13-24-27(20)17-11-15(22)10-16(23)12-17/h10-14,19H,2-9H2,1H3,(H,25,28). The Morgan fingerprint density at radius 1 is 1.18 bits per heavy atom. The van der Waals surface area contributed by atoms with Crippen LogP contribution in [0.1, 0.15) is 49.4 Å². The van der Waals surface area contributed by atoms with Crippen LogP contribution in [-0.2, 0) is 11.2 Å². The Morgan fingerprint density at radius 2 is 1.89 bits per heavy atom. The first-order valence-corrected chi connectivity index (χ1v) is 10.0. The van der Waals surface area contributed by atoms with Gasteiger partial charge in [0.05, 0.1) is 17.9 Å². The van der Waals surface area contributed by atoms with E-state index in [1.165, 1.54) is 12.1 Å². The molecule has 1 aliphatic carbocycles. The lowest BCUT2D eigenvalue weighted by atomic mass is 9.91. The van der Waals surface area contributed by atoms with Gasteiger partial charge >= 0.3 is 0 Å². The zero-order valence-electron chi connectivity index (χ0n) is 16.1. The fraction of sp³-hybridized carbons (Fsp3) is 0.524. The molecule has 5 nitrogen and oxygen atoms in total. The highest BCUT2D eigenvalue weighted by Gasteiger charge is 2.27.